The van der Waals surface area contributed by atoms with Gasteiger partial charge in [-0.15, -0.1) is 0 Å². The molecule has 3 heteroatoms. The third kappa shape index (κ3) is 6.39. The summed E-state index contributed by atoms with van der Waals surface area (Å²) in [6.45, 7) is 5.75. The minimum atomic E-state index is 0.712. The van der Waals surface area contributed by atoms with E-state index in [0.717, 1.165) is 25.2 Å². The fraction of sp³-hybridized carbons (Fsp3) is 1.00. The number of hydrogen-bond donors (Lipinski definition) is 1. The maximum absolute atomic E-state index is 5.50. The quantitative estimate of drug-likeness (QED) is 0.598. The lowest BCUT2D eigenvalue weighted by atomic mass is 9.98. The molecular formula is C14H29NO2. The zero-order valence-corrected chi connectivity index (χ0v) is 11.5. The normalized spacial score (nSPS) is 24.4. The molecule has 0 bridgehead atoms. The summed E-state index contributed by atoms with van der Waals surface area (Å²) in [5.41, 5.74) is 0. The van der Waals surface area contributed by atoms with Gasteiger partial charge in [0.2, 0.25) is 0 Å². The zero-order chi connectivity index (χ0) is 12.3. The minimum absolute atomic E-state index is 0.712. The first-order chi connectivity index (χ1) is 8.38. The first-order valence-electron chi connectivity index (χ1n) is 7.18. The second-order valence-corrected chi connectivity index (χ2v) is 5.00. The van der Waals surface area contributed by atoms with Gasteiger partial charge >= 0.3 is 0 Å². The van der Waals surface area contributed by atoms with Crippen molar-refractivity contribution in [2.45, 2.75) is 51.5 Å². The minimum Gasteiger partial charge on any atom is -0.382 e. The predicted octanol–water partition coefficient (Wildman–Crippen LogP) is 2.60. The molecule has 0 aromatic heterocycles. The first-order valence-corrected chi connectivity index (χ1v) is 7.18. The predicted molar refractivity (Wildman–Crippen MR) is 71.4 cm³/mol. The Morgan fingerprint density at radius 3 is 2.82 bits per heavy atom. The molecule has 1 saturated carbocycles. The molecule has 0 amide bonds. The van der Waals surface area contributed by atoms with Crippen LogP contribution < -0.4 is 5.32 Å². The van der Waals surface area contributed by atoms with Gasteiger partial charge in [0.15, 0.2) is 0 Å². The molecule has 2 atom stereocenters. The Labute approximate surface area is 106 Å². The number of rotatable bonds is 10. The largest absolute Gasteiger partial charge is 0.382 e. The highest BCUT2D eigenvalue weighted by atomic mass is 16.5. The number of methoxy groups -OCH3 is 1. The molecule has 0 aromatic carbocycles. The van der Waals surface area contributed by atoms with Crippen molar-refractivity contribution in [2.24, 2.45) is 5.92 Å². The van der Waals surface area contributed by atoms with Gasteiger partial charge in [0.1, 0.15) is 0 Å². The van der Waals surface area contributed by atoms with Crippen LogP contribution in [0.2, 0.25) is 0 Å². The lowest BCUT2D eigenvalue weighted by Crippen LogP contribution is -2.33. The van der Waals surface area contributed by atoms with Gasteiger partial charge in [-0.25, -0.2) is 0 Å². The van der Waals surface area contributed by atoms with Crippen molar-refractivity contribution in [3.05, 3.63) is 0 Å². The van der Waals surface area contributed by atoms with Crippen molar-refractivity contribution in [3.63, 3.8) is 0 Å². The van der Waals surface area contributed by atoms with Gasteiger partial charge in [-0.2, -0.15) is 0 Å². The lowest BCUT2D eigenvalue weighted by Gasteiger charge is -2.20. The summed E-state index contributed by atoms with van der Waals surface area (Å²) in [6, 6.07) is 0.772. The lowest BCUT2D eigenvalue weighted by molar-refractivity contribution is 0.0668. The summed E-state index contributed by atoms with van der Waals surface area (Å²) >= 11 is 0. The van der Waals surface area contributed by atoms with Gasteiger partial charge in [0.25, 0.3) is 0 Å². The Morgan fingerprint density at radius 1 is 1.18 bits per heavy atom. The van der Waals surface area contributed by atoms with Gasteiger partial charge in [-0.1, -0.05) is 13.3 Å². The maximum atomic E-state index is 5.50. The average Bonchev–Trinajstić information content (AvgIpc) is 2.78. The SMILES string of the molecule is CCCNC1CCCC1CCCOCCOC. The third-order valence-corrected chi connectivity index (χ3v) is 3.61. The molecule has 0 aromatic rings. The van der Waals surface area contributed by atoms with E-state index < -0.39 is 0 Å². The van der Waals surface area contributed by atoms with Crippen molar-refractivity contribution < 1.29 is 9.47 Å². The van der Waals surface area contributed by atoms with E-state index in [0.29, 0.717) is 6.61 Å². The molecular weight excluding hydrogens is 214 g/mol. The van der Waals surface area contributed by atoms with Crippen molar-refractivity contribution in [3.8, 4) is 0 Å². The fourth-order valence-corrected chi connectivity index (χ4v) is 2.67. The highest BCUT2D eigenvalue weighted by Crippen LogP contribution is 2.29. The summed E-state index contributed by atoms with van der Waals surface area (Å²) in [4.78, 5) is 0. The number of hydrogen-bond acceptors (Lipinski definition) is 3. The van der Waals surface area contributed by atoms with Gasteiger partial charge in [-0.05, 0) is 44.6 Å². The van der Waals surface area contributed by atoms with E-state index in [4.69, 9.17) is 9.47 Å². The van der Waals surface area contributed by atoms with E-state index in [9.17, 15) is 0 Å². The van der Waals surface area contributed by atoms with Crippen LogP contribution in [0.1, 0.15) is 45.4 Å². The molecule has 0 aliphatic heterocycles. The Bertz CT molecular complexity index is 176. The molecule has 1 rings (SSSR count). The van der Waals surface area contributed by atoms with Crippen LogP contribution >= 0.6 is 0 Å². The van der Waals surface area contributed by atoms with E-state index in [-0.39, 0.29) is 0 Å². The molecule has 0 spiro atoms. The van der Waals surface area contributed by atoms with E-state index in [1.165, 1.54) is 45.1 Å². The van der Waals surface area contributed by atoms with Crippen LogP contribution in [-0.4, -0.2) is 39.5 Å². The van der Waals surface area contributed by atoms with E-state index in [1.54, 1.807) is 7.11 Å². The summed E-state index contributed by atoms with van der Waals surface area (Å²) in [7, 11) is 1.71. The first kappa shape index (κ1) is 14.9. The summed E-state index contributed by atoms with van der Waals surface area (Å²) in [5, 5.41) is 3.68. The molecule has 0 heterocycles. The van der Waals surface area contributed by atoms with Crippen LogP contribution in [0.15, 0.2) is 0 Å². The highest BCUT2D eigenvalue weighted by molar-refractivity contribution is 4.82. The van der Waals surface area contributed by atoms with Crippen molar-refractivity contribution >= 4 is 0 Å². The van der Waals surface area contributed by atoms with Crippen LogP contribution in [0.5, 0.6) is 0 Å². The van der Waals surface area contributed by atoms with E-state index in [2.05, 4.69) is 12.2 Å². The molecule has 0 saturated heterocycles. The van der Waals surface area contributed by atoms with E-state index >= 15 is 0 Å². The Hall–Kier alpha value is -0.120. The van der Waals surface area contributed by atoms with Crippen LogP contribution in [-0.2, 0) is 9.47 Å². The standard InChI is InChI=1S/C14H29NO2/c1-3-9-15-14-8-4-6-13(14)7-5-10-17-12-11-16-2/h13-15H,3-12H2,1-2H3. The van der Waals surface area contributed by atoms with Crippen LogP contribution in [0, 0.1) is 5.92 Å². The molecule has 1 aliphatic carbocycles. The van der Waals surface area contributed by atoms with Crippen LogP contribution in [0.4, 0.5) is 0 Å². The zero-order valence-electron chi connectivity index (χ0n) is 11.5. The number of ether oxygens (including phenoxy) is 2. The van der Waals surface area contributed by atoms with Crippen LogP contribution in [0.25, 0.3) is 0 Å². The summed E-state index contributed by atoms with van der Waals surface area (Å²) in [6.07, 6.45) is 7.92. The molecule has 1 fully saturated rings. The van der Waals surface area contributed by atoms with Crippen molar-refractivity contribution in [2.75, 3.05) is 33.5 Å². The molecule has 1 N–H and O–H groups in total. The molecule has 0 radical (unpaired) electrons. The molecule has 17 heavy (non-hydrogen) atoms. The van der Waals surface area contributed by atoms with Gasteiger partial charge in [0, 0.05) is 19.8 Å². The Kier molecular flexibility index (Phi) is 8.67. The molecule has 2 unspecified atom stereocenters. The Morgan fingerprint density at radius 2 is 2.06 bits per heavy atom. The monoisotopic (exact) mass is 243 g/mol. The van der Waals surface area contributed by atoms with Gasteiger partial charge < -0.3 is 14.8 Å². The third-order valence-electron chi connectivity index (χ3n) is 3.61. The maximum Gasteiger partial charge on any atom is 0.0700 e. The van der Waals surface area contributed by atoms with Crippen LogP contribution in [0.3, 0.4) is 0 Å². The second-order valence-electron chi connectivity index (χ2n) is 5.00. The van der Waals surface area contributed by atoms with E-state index in [1.807, 2.05) is 0 Å². The Balaban J connectivity index is 2.00. The van der Waals surface area contributed by atoms with Gasteiger partial charge in [-0.3, -0.25) is 0 Å². The number of nitrogens with one attached hydrogen (secondary N) is 1. The van der Waals surface area contributed by atoms with Gasteiger partial charge in [0.05, 0.1) is 13.2 Å². The highest BCUT2D eigenvalue weighted by Gasteiger charge is 2.25. The van der Waals surface area contributed by atoms with Crippen molar-refractivity contribution in [1.82, 2.24) is 5.32 Å². The smallest absolute Gasteiger partial charge is 0.0700 e. The molecule has 102 valence electrons. The summed E-state index contributed by atoms with van der Waals surface area (Å²) in [5.74, 6) is 0.882. The molecule has 3 nitrogen and oxygen atoms in total. The van der Waals surface area contributed by atoms with Crippen molar-refractivity contribution in [1.29, 1.82) is 0 Å². The summed E-state index contributed by atoms with van der Waals surface area (Å²) < 4.78 is 10.5. The average molecular weight is 243 g/mol. The molecule has 1 aliphatic rings. The topological polar surface area (TPSA) is 30.5 Å². The second kappa shape index (κ2) is 9.86. The fourth-order valence-electron chi connectivity index (χ4n) is 2.67.